The van der Waals surface area contributed by atoms with E-state index in [1.54, 1.807) is 0 Å². The highest BCUT2D eigenvalue weighted by Gasteiger charge is 2.49. The SMILES string of the molecule is OC1(CN2CC3(CCC3)C2)CCOC1. The van der Waals surface area contributed by atoms with Gasteiger partial charge in [-0.25, -0.2) is 0 Å². The fourth-order valence-electron chi connectivity index (χ4n) is 3.14. The van der Waals surface area contributed by atoms with E-state index in [-0.39, 0.29) is 0 Å². The van der Waals surface area contributed by atoms with Crippen LogP contribution in [-0.4, -0.2) is 48.5 Å². The summed E-state index contributed by atoms with van der Waals surface area (Å²) in [5.41, 5.74) is 0.140. The van der Waals surface area contributed by atoms with Gasteiger partial charge in [-0.05, 0) is 18.3 Å². The Morgan fingerprint density at radius 2 is 2.00 bits per heavy atom. The molecule has 3 rings (SSSR count). The van der Waals surface area contributed by atoms with E-state index in [0.29, 0.717) is 12.0 Å². The number of ether oxygens (including phenoxy) is 1. The lowest BCUT2D eigenvalue weighted by Gasteiger charge is -2.57. The zero-order valence-electron chi connectivity index (χ0n) is 8.67. The van der Waals surface area contributed by atoms with E-state index in [4.69, 9.17) is 4.74 Å². The Morgan fingerprint density at radius 1 is 1.21 bits per heavy atom. The molecule has 1 atom stereocenters. The Bertz CT molecular complexity index is 223. The number of aliphatic hydroxyl groups is 1. The molecule has 1 spiro atoms. The Labute approximate surface area is 85.0 Å². The lowest BCUT2D eigenvalue weighted by atomic mass is 9.63. The van der Waals surface area contributed by atoms with Crippen molar-refractivity contribution in [3.63, 3.8) is 0 Å². The lowest BCUT2D eigenvalue weighted by Crippen LogP contribution is -2.62. The summed E-state index contributed by atoms with van der Waals surface area (Å²) >= 11 is 0. The van der Waals surface area contributed by atoms with Crippen LogP contribution in [0.15, 0.2) is 0 Å². The minimum absolute atomic E-state index is 0.536. The van der Waals surface area contributed by atoms with Gasteiger partial charge >= 0.3 is 0 Å². The van der Waals surface area contributed by atoms with Crippen molar-refractivity contribution in [3.05, 3.63) is 0 Å². The van der Waals surface area contributed by atoms with Gasteiger partial charge in [-0.3, -0.25) is 4.90 Å². The minimum atomic E-state index is -0.536. The van der Waals surface area contributed by atoms with Crippen LogP contribution >= 0.6 is 0 Å². The molecule has 1 aliphatic carbocycles. The van der Waals surface area contributed by atoms with Crippen molar-refractivity contribution in [1.82, 2.24) is 4.90 Å². The summed E-state index contributed by atoms with van der Waals surface area (Å²) in [6.07, 6.45) is 5.06. The summed E-state index contributed by atoms with van der Waals surface area (Å²) in [5, 5.41) is 10.1. The lowest BCUT2D eigenvalue weighted by molar-refractivity contribution is -0.101. The van der Waals surface area contributed by atoms with Crippen LogP contribution in [-0.2, 0) is 4.74 Å². The van der Waals surface area contributed by atoms with Crippen LogP contribution in [0.2, 0.25) is 0 Å². The predicted octanol–water partition coefficient (Wildman–Crippen LogP) is 0.624. The van der Waals surface area contributed by atoms with Gasteiger partial charge in [-0.1, -0.05) is 6.42 Å². The summed E-state index contributed by atoms with van der Waals surface area (Å²) in [6.45, 7) is 4.53. The second-order valence-corrected chi connectivity index (χ2v) is 5.53. The van der Waals surface area contributed by atoms with E-state index in [0.717, 1.165) is 19.6 Å². The Hall–Kier alpha value is -0.120. The van der Waals surface area contributed by atoms with Crippen LogP contribution in [0.1, 0.15) is 25.7 Å². The zero-order chi connectivity index (χ0) is 9.65. The largest absolute Gasteiger partial charge is 0.386 e. The minimum Gasteiger partial charge on any atom is -0.386 e. The van der Waals surface area contributed by atoms with E-state index in [9.17, 15) is 5.11 Å². The smallest absolute Gasteiger partial charge is 0.103 e. The van der Waals surface area contributed by atoms with Gasteiger partial charge in [-0.15, -0.1) is 0 Å². The molecule has 0 aromatic rings. The summed E-state index contributed by atoms with van der Waals surface area (Å²) in [5.74, 6) is 0. The van der Waals surface area contributed by atoms with Gasteiger partial charge < -0.3 is 9.84 Å². The molecule has 3 aliphatic rings. The first-order valence-electron chi connectivity index (χ1n) is 5.72. The fourth-order valence-corrected chi connectivity index (χ4v) is 3.14. The first kappa shape index (κ1) is 9.13. The van der Waals surface area contributed by atoms with Gasteiger partial charge in [0.25, 0.3) is 0 Å². The van der Waals surface area contributed by atoms with Crippen molar-refractivity contribution < 1.29 is 9.84 Å². The highest BCUT2D eigenvalue weighted by atomic mass is 16.5. The maximum Gasteiger partial charge on any atom is 0.103 e. The van der Waals surface area contributed by atoms with Crippen molar-refractivity contribution in [2.24, 2.45) is 5.41 Å². The van der Waals surface area contributed by atoms with Gasteiger partial charge in [0.2, 0.25) is 0 Å². The van der Waals surface area contributed by atoms with E-state index in [2.05, 4.69) is 4.90 Å². The van der Waals surface area contributed by atoms with Crippen LogP contribution in [0.5, 0.6) is 0 Å². The first-order valence-corrected chi connectivity index (χ1v) is 5.72. The number of β-amino-alcohol motifs (C(OH)–C–C–N with tert-alkyl or cyclic N) is 1. The highest BCUT2D eigenvalue weighted by molar-refractivity contribution is 5.02. The molecule has 0 amide bonds. The normalized spacial score (nSPS) is 40.9. The molecule has 14 heavy (non-hydrogen) atoms. The summed E-state index contributed by atoms with van der Waals surface area (Å²) < 4.78 is 5.25. The average molecular weight is 197 g/mol. The van der Waals surface area contributed by atoms with Crippen molar-refractivity contribution >= 4 is 0 Å². The van der Waals surface area contributed by atoms with Crippen molar-refractivity contribution in [2.75, 3.05) is 32.8 Å². The van der Waals surface area contributed by atoms with Gasteiger partial charge in [0, 0.05) is 32.7 Å². The van der Waals surface area contributed by atoms with Gasteiger partial charge in [0.15, 0.2) is 0 Å². The van der Waals surface area contributed by atoms with Crippen LogP contribution < -0.4 is 0 Å². The molecule has 2 heterocycles. The Kier molecular flexibility index (Phi) is 1.92. The molecule has 1 saturated carbocycles. The number of likely N-dealkylation sites (tertiary alicyclic amines) is 1. The predicted molar refractivity (Wildman–Crippen MR) is 53.1 cm³/mol. The number of rotatable bonds is 2. The summed E-state index contributed by atoms with van der Waals surface area (Å²) in [4.78, 5) is 2.40. The van der Waals surface area contributed by atoms with Gasteiger partial charge in [-0.2, -0.15) is 0 Å². The van der Waals surface area contributed by atoms with Crippen molar-refractivity contribution in [3.8, 4) is 0 Å². The summed E-state index contributed by atoms with van der Waals surface area (Å²) in [6, 6.07) is 0. The molecule has 1 N–H and O–H groups in total. The van der Waals surface area contributed by atoms with Crippen molar-refractivity contribution in [1.29, 1.82) is 0 Å². The average Bonchev–Trinajstić information content (AvgIpc) is 2.40. The van der Waals surface area contributed by atoms with Crippen LogP contribution in [0.4, 0.5) is 0 Å². The maximum atomic E-state index is 10.1. The summed E-state index contributed by atoms with van der Waals surface area (Å²) in [7, 11) is 0. The molecule has 3 heteroatoms. The third-order valence-electron chi connectivity index (χ3n) is 4.13. The number of hydrogen-bond acceptors (Lipinski definition) is 3. The molecule has 80 valence electrons. The molecular formula is C11H19NO2. The molecule has 3 nitrogen and oxygen atoms in total. The highest BCUT2D eigenvalue weighted by Crippen LogP contribution is 2.48. The van der Waals surface area contributed by atoms with E-state index < -0.39 is 5.60 Å². The van der Waals surface area contributed by atoms with Gasteiger partial charge in [0.05, 0.1) is 6.61 Å². The molecule has 0 aromatic carbocycles. The number of nitrogens with zero attached hydrogens (tertiary/aromatic N) is 1. The first-order chi connectivity index (χ1) is 6.70. The van der Waals surface area contributed by atoms with Crippen LogP contribution in [0, 0.1) is 5.41 Å². The van der Waals surface area contributed by atoms with E-state index in [1.165, 1.54) is 32.4 Å². The molecule has 0 aromatic heterocycles. The van der Waals surface area contributed by atoms with Crippen LogP contribution in [0.25, 0.3) is 0 Å². The standard InChI is InChI=1S/C11H19NO2/c13-11(4-5-14-9-11)8-12-6-10(7-12)2-1-3-10/h13H,1-9H2. The second-order valence-electron chi connectivity index (χ2n) is 5.53. The molecule has 0 bridgehead atoms. The molecule has 1 unspecified atom stereocenters. The molecular weight excluding hydrogens is 178 g/mol. The van der Waals surface area contributed by atoms with Gasteiger partial charge in [0.1, 0.15) is 5.60 Å². The molecule has 2 aliphatic heterocycles. The monoisotopic (exact) mass is 197 g/mol. The molecule has 2 saturated heterocycles. The van der Waals surface area contributed by atoms with Crippen LogP contribution in [0.3, 0.4) is 0 Å². The topological polar surface area (TPSA) is 32.7 Å². The van der Waals surface area contributed by atoms with E-state index >= 15 is 0 Å². The molecule has 3 fully saturated rings. The third-order valence-corrected chi connectivity index (χ3v) is 4.13. The Balaban J connectivity index is 1.50. The van der Waals surface area contributed by atoms with E-state index in [1.807, 2.05) is 0 Å². The fraction of sp³-hybridized carbons (Fsp3) is 1.00. The number of hydrogen-bond donors (Lipinski definition) is 1. The second kappa shape index (κ2) is 2.94. The third kappa shape index (κ3) is 1.38. The quantitative estimate of drug-likeness (QED) is 0.704. The Morgan fingerprint density at radius 3 is 2.50 bits per heavy atom. The van der Waals surface area contributed by atoms with Crippen molar-refractivity contribution in [2.45, 2.75) is 31.3 Å². The zero-order valence-corrected chi connectivity index (χ0v) is 8.67. The molecule has 0 radical (unpaired) electrons. The maximum absolute atomic E-state index is 10.1.